The quantitative estimate of drug-likeness (QED) is 0.680. The lowest BCUT2D eigenvalue weighted by molar-refractivity contribution is 0.0779. The van der Waals surface area contributed by atoms with Gasteiger partial charge in [-0.05, 0) is 45.2 Å². The molecule has 2 fully saturated rings. The van der Waals surface area contributed by atoms with Crippen molar-refractivity contribution >= 4 is 22.7 Å². The molecule has 2 amide bonds. The zero-order chi connectivity index (χ0) is 21.5. The Bertz CT molecular complexity index is 1150. The molecule has 1 N–H and O–H groups in total. The van der Waals surface area contributed by atoms with E-state index >= 15 is 0 Å². The predicted octanol–water partition coefficient (Wildman–Crippen LogP) is 3.87. The van der Waals surface area contributed by atoms with Crippen LogP contribution >= 0.6 is 0 Å². The van der Waals surface area contributed by atoms with Gasteiger partial charge in [-0.15, -0.1) is 0 Å². The highest BCUT2D eigenvalue weighted by Crippen LogP contribution is 2.40. The number of carbonyl (C=O) groups is 2. The van der Waals surface area contributed by atoms with Crippen LogP contribution in [0.2, 0.25) is 0 Å². The monoisotopic (exact) mass is 418 g/mol. The van der Waals surface area contributed by atoms with Gasteiger partial charge in [0.2, 0.25) is 0 Å². The van der Waals surface area contributed by atoms with Gasteiger partial charge in [0.25, 0.3) is 11.8 Å². The molecule has 0 radical (unpaired) electrons. The highest BCUT2D eigenvalue weighted by Gasteiger charge is 2.33. The zero-order valence-electron chi connectivity index (χ0n) is 17.8. The van der Waals surface area contributed by atoms with Crippen molar-refractivity contribution in [2.45, 2.75) is 51.0 Å². The summed E-state index contributed by atoms with van der Waals surface area (Å²) in [5, 5.41) is 7.81. The molecule has 0 unspecified atom stereocenters. The first-order valence-corrected chi connectivity index (χ1v) is 11.0. The molecule has 1 aliphatic heterocycles. The van der Waals surface area contributed by atoms with E-state index in [9.17, 15) is 9.59 Å². The van der Waals surface area contributed by atoms with Gasteiger partial charge in [0.05, 0.1) is 11.1 Å². The maximum absolute atomic E-state index is 12.9. The number of aromatic nitrogens is 2. The van der Waals surface area contributed by atoms with Gasteiger partial charge in [-0.25, -0.2) is 0 Å². The van der Waals surface area contributed by atoms with Gasteiger partial charge in [0.15, 0.2) is 5.69 Å². The Morgan fingerprint density at radius 1 is 1.13 bits per heavy atom. The summed E-state index contributed by atoms with van der Waals surface area (Å²) in [4.78, 5) is 32.4. The summed E-state index contributed by atoms with van der Waals surface area (Å²) in [5.41, 5.74) is 2.65. The van der Waals surface area contributed by atoms with Crippen LogP contribution in [0.3, 0.4) is 0 Å². The Labute approximate surface area is 180 Å². The van der Waals surface area contributed by atoms with E-state index in [0.29, 0.717) is 30.3 Å². The molecule has 2 aliphatic rings. The van der Waals surface area contributed by atoms with Crippen LogP contribution in [-0.4, -0.2) is 46.0 Å². The average molecular weight is 418 g/mol. The van der Waals surface area contributed by atoms with Crippen LogP contribution in [0.15, 0.2) is 40.9 Å². The molecular formula is C24H26N4O3. The molecule has 1 saturated carbocycles. The summed E-state index contributed by atoms with van der Waals surface area (Å²) < 4.78 is 5.35. The molecule has 0 bridgehead atoms. The van der Waals surface area contributed by atoms with Gasteiger partial charge < -0.3 is 14.7 Å². The number of fused-ring (bicyclic) bond motifs is 1. The van der Waals surface area contributed by atoms with Crippen molar-refractivity contribution in [2.75, 3.05) is 13.1 Å². The lowest BCUT2D eigenvalue weighted by Gasteiger charge is -2.16. The Morgan fingerprint density at radius 2 is 1.94 bits per heavy atom. The van der Waals surface area contributed by atoms with E-state index in [0.717, 1.165) is 41.6 Å². The number of carbonyl (C=O) groups excluding carboxylic acids is 2. The van der Waals surface area contributed by atoms with E-state index < -0.39 is 0 Å². The normalized spacial score (nSPS) is 18.7. The smallest absolute Gasteiger partial charge is 0.276 e. The fourth-order valence-corrected chi connectivity index (χ4v) is 4.23. The fraction of sp³-hybridized carbons (Fsp3) is 0.417. The summed E-state index contributed by atoms with van der Waals surface area (Å²) in [6, 6.07) is 11.4. The van der Waals surface area contributed by atoms with E-state index in [1.807, 2.05) is 49.1 Å². The third kappa shape index (κ3) is 3.92. The predicted molar refractivity (Wildman–Crippen MR) is 116 cm³/mol. The Kier molecular flexibility index (Phi) is 4.96. The van der Waals surface area contributed by atoms with Crippen molar-refractivity contribution in [2.24, 2.45) is 0 Å². The van der Waals surface area contributed by atoms with E-state index in [4.69, 9.17) is 9.51 Å². The standard InChI is InChI=1S/C24H26N4O3/c1-14(2)25-23(29)18-11-20(26-19-6-4-3-5-17(18)19)16-9-10-28(13-16)24(30)21-12-22(31-27-21)15-7-8-15/h3-6,11-12,14-16H,7-10,13H2,1-2H3,(H,25,29)/t16-/m0/s1. The Morgan fingerprint density at radius 3 is 2.71 bits per heavy atom. The summed E-state index contributed by atoms with van der Waals surface area (Å²) >= 11 is 0. The maximum Gasteiger partial charge on any atom is 0.276 e. The van der Waals surface area contributed by atoms with Gasteiger partial charge in [0.1, 0.15) is 5.76 Å². The van der Waals surface area contributed by atoms with Gasteiger partial charge in [-0.3, -0.25) is 14.6 Å². The summed E-state index contributed by atoms with van der Waals surface area (Å²) in [5.74, 6) is 1.12. The van der Waals surface area contributed by atoms with Crippen molar-refractivity contribution in [1.82, 2.24) is 20.4 Å². The van der Waals surface area contributed by atoms with Crippen LogP contribution in [0.25, 0.3) is 10.9 Å². The first-order chi connectivity index (χ1) is 15.0. The SMILES string of the molecule is CC(C)NC(=O)c1cc([C@H]2CCN(C(=O)c3cc(C4CC4)on3)C2)nc2ccccc12. The van der Waals surface area contributed by atoms with Crippen LogP contribution in [0.4, 0.5) is 0 Å². The van der Waals surface area contributed by atoms with Crippen molar-refractivity contribution < 1.29 is 14.1 Å². The lowest BCUT2D eigenvalue weighted by Crippen LogP contribution is -2.30. The minimum Gasteiger partial charge on any atom is -0.360 e. The van der Waals surface area contributed by atoms with Crippen LogP contribution in [0.5, 0.6) is 0 Å². The molecule has 2 aromatic heterocycles. The van der Waals surface area contributed by atoms with Gasteiger partial charge in [-0.1, -0.05) is 23.4 Å². The molecule has 0 spiro atoms. The van der Waals surface area contributed by atoms with Crippen molar-refractivity contribution in [3.8, 4) is 0 Å². The molecule has 31 heavy (non-hydrogen) atoms. The van der Waals surface area contributed by atoms with E-state index in [-0.39, 0.29) is 23.8 Å². The molecule has 5 rings (SSSR count). The minimum absolute atomic E-state index is 0.0467. The highest BCUT2D eigenvalue weighted by atomic mass is 16.5. The van der Waals surface area contributed by atoms with Crippen LogP contribution in [0, 0.1) is 0 Å². The van der Waals surface area contributed by atoms with Crippen LogP contribution in [0.1, 0.15) is 77.2 Å². The van der Waals surface area contributed by atoms with Crippen molar-refractivity contribution in [3.63, 3.8) is 0 Å². The molecule has 1 saturated heterocycles. The largest absolute Gasteiger partial charge is 0.360 e. The third-order valence-corrected chi connectivity index (χ3v) is 6.02. The number of rotatable bonds is 5. The topological polar surface area (TPSA) is 88.3 Å². The molecule has 160 valence electrons. The van der Waals surface area contributed by atoms with Crippen LogP contribution in [-0.2, 0) is 0 Å². The van der Waals surface area contributed by atoms with Gasteiger partial charge >= 0.3 is 0 Å². The van der Waals surface area contributed by atoms with Crippen molar-refractivity contribution in [3.05, 3.63) is 59.1 Å². The molecule has 1 aromatic carbocycles. The molecule has 1 atom stereocenters. The average Bonchev–Trinajstić information content (AvgIpc) is 3.28. The van der Waals surface area contributed by atoms with Gasteiger partial charge in [0, 0.05) is 48.1 Å². The summed E-state index contributed by atoms with van der Waals surface area (Å²) in [7, 11) is 0. The number of nitrogens with one attached hydrogen (secondary N) is 1. The number of para-hydroxylation sites is 1. The van der Waals surface area contributed by atoms with E-state index in [1.165, 1.54) is 0 Å². The number of benzene rings is 1. The van der Waals surface area contributed by atoms with E-state index in [1.54, 1.807) is 6.07 Å². The second-order valence-corrected chi connectivity index (χ2v) is 8.87. The lowest BCUT2D eigenvalue weighted by atomic mass is 9.99. The molecule has 3 aromatic rings. The highest BCUT2D eigenvalue weighted by molar-refractivity contribution is 6.06. The number of hydrogen-bond acceptors (Lipinski definition) is 5. The van der Waals surface area contributed by atoms with Crippen LogP contribution < -0.4 is 5.32 Å². The first-order valence-electron chi connectivity index (χ1n) is 11.0. The third-order valence-electron chi connectivity index (χ3n) is 6.02. The first kappa shape index (κ1) is 19.7. The van der Waals surface area contributed by atoms with Gasteiger partial charge in [-0.2, -0.15) is 0 Å². The Hall–Kier alpha value is -3.22. The minimum atomic E-state index is -0.101. The fourth-order valence-electron chi connectivity index (χ4n) is 4.23. The number of nitrogens with zero attached hydrogens (tertiary/aromatic N) is 3. The zero-order valence-corrected chi connectivity index (χ0v) is 17.8. The Balaban J connectivity index is 1.39. The molecule has 1 aliphatic carbocycles. The number of hydrogen-bond donors (Lipinski definition) is 1. The summed E-state index contributed by atoms with van der Waals surface area (Å²) in [6.07, 6.45) is 3.01. The maximum atomic E-state index is 12.9. The number of pyridine rings is 1. The van der Waals surface area contributed by atoms with E-state index in [2.05, 4.69) is 10.5 Å². The second-order valence-electron chi connectivity index (χ2n) is 8.87. The molecule has 3 heterocycles. The second kappa shape index (κ2) is 7.80. The molecule has 7 nitrogen and oxygen atoms in total. The van der Waals surface area contributed by atoms with Crippen molar-refractivity contribution in [1.29, 1.82) is 0 Å². The molecule has 7 heteroatoms. The number of likely N-dealkylation sites (tertiary alicyclic amines) is 1. The number of amides is 2. The molecular weight excluding hydrogens is 392 g/mol. The summed E-state index contributed by atoms with van der Waals surface area (Å²) in [6.45, 7) is 5.08.